The molecule has 0 saturated carbocycles. The van der Waals surface area contributed by atoms with Gasteiger partial charge >= 0.3 is 5.97 Å². The minimum atomic E-state index is -1.28. The molecule has 46 valence electrons. The van der Waals surface area contributed by atoms with E-state index in [-0.39, 0.29) is 0 Å². The monoisotopic (exact) mass is 118 g/mol. The summed E-state index contributed by atoms with van der Waals surface area (Å²) in [5.41, 5.74) is 0. The lowest BCUT2D eigenvalue weighted by Crippen LogP contribution is -2.01. The van der Waals surface area contributed by atoms with Crippen molar-refractivity contribution in [1.82, 2.24) is 0 Å². The molecule has 8 heavy (non-hydrogen) atoms. The van der Waals surface area contributed by atoms with Gasteiger partial charge in [0, 0.05) is 0 Å². The average molecular weight is 118 g/mol. The Labute approximate surface area is 46.0 Å². The van der Waals surface area contributed by atoms with E-state index in [4.69, 9.17) is 10.2 Å². The zero-order valence-corrected chi connectivity index (χ0v) is 4.29. The van der Waals surface area contributed by atoms with E-state index in [1.54, 1.807) is 0 Å². The summed E-state index contributed by atoms with van der Waals surface area (Å²) < 4.78 is 4.17. The van der Waals surface area contributed by atoms with Gasteiger partial charge in [0.05, 0.1) is 7.11 Å². The maximum absolute atomic E-state index is 9.81. The molecule has 0 aliphatic rings. The molecule has 0 aliphatic heterocycles. The number of aliphatic carboxylic acids is 1. The standard InChI is InChI=1S/C4H6O4/c1-8-3(2-5)4(6)7/h2,5H,1H3,(H,6,7)/b3-2+. The number of methoxy groups -OCH3 is 1. The zero-order chi connectivity index (χ0) is 6.57. The van der Waals surface area contributed by atoms with Gasteiger partial charge in [-0.1, -0.05) is 0 Å². The SMILES string of the molecule is CO/C(=C/O)C(=O)O. The Balaban J connectivity index is 3.92. The van der Waals surface area contributed by atoms with Crippen LogP contribution in [0.3, 0.4) is 0 Å². The Morgan fingerprint density at radius 2 is 2.25 bits per heavy atom. The van der Waals surface area contributed by atoms with Crippen LogP contribution in [0.2, 0.25) is 0 Å². The van der Waals surface area contributed by atoms with Crippen LogP contribution < -0.4 is 0 Å². The van der Waals surface area contributed by atoms with Crippen molar-refractivity contribution in [3.05, 3.63) is 12.0 Å². The number of aliphatic hydroxyl groups excluding tert-OH is 1. The Morgan fingerprint density at radius 1 is 1.75 bits per heavy atom. The molecular formula is C4H6O4. The fraction of sp³-hybridized carbons (Fsp3) is 0.250. The van der Waals surface area contributed by atoms with Gasteiger partial charge in [-0.2, -0.15) is 0 Å². The summed E-state index contributed by atoms with van der Waals surface area (Å²) in [6.45, 7) is 0. The van der Waals surface area contributed by atoms with Gasteiger partial charge in [0.1, 0.15) is 6.26 Å². The highest BCUT2D eigenvalue weighted by Gasteiger charge is 2.03. The second-order valence-corrected chi connectivity index (χ2v) is 1.00. The summed E-state index contributed by atoms with van der Waals surface area (Å²) in [4.78, 5) is 9.81. The van der Waals surface area contributed by atoms with Crippen molar-refractivity contribution in [2.75, 3.05) is 7.11 Å². The summed E-state index contributed by atoms with van der Waals surface area (Å²) in [6, 6.07) is 0. The van der Waals surface area contributed by atoms with Crippen LogP contribution in [0.4, 0.5) is 0 Å². The van der Waals surface area contributed by atoms with E-state index < -0.39 is 11.7 Å². The van der Waals surface area contributed by atoms with Gasteiger partial charge in [-0.25, -0.2) is 4.79 Å². The van der Waals surface area contributed by atoms with Gasteiger partial charge in [-0.15, -0.1) is 0 Å². The lowest BCUT2D eigenvalue weighted by Gasteiger charge is -1.93. The van der Waals surface area contributed by atoms with Crippen LogP contribution in [0.5, 0.6) is 0 Å². The van der Waals surface area contributed by atoms with Crippen molar-refractivity contribution < 1.29 is 19.7 Å². The fourth-order valence-corrected chi connectivity index (χ4v) is 0.195. The van der Waals surface area contributed by atoms with E-state index in [1.165, 1.54) is 0 Å². The van der Waals surface area contributed by atoms with Crippen molar-refractivity contribution in [1.29, 1.82) is 0 Å². The quantitative estimate of drug-likeness (QED) is 0.399. The van der Waals surface area contributed by atoms with Gasteiger partial charge in [-0.05, 0) is 0 Å². The number of carboxylic acids is 1. The van der Waals surface area contributed by atoms with E-state index in [0.717, 1.165) is 7.11 Å². The lowest BCUT2D eigenvalue weighted by molar-refractivity contribution is -0.136. The van der Waals surface area contributed by atoms with E-state index in [9.17, 15) is 4.79 Å². The highest BCUT2D eigenvalue weighted by atomic mass is 16.5. The van der Waals surface area contributed by atoms with Crippen LogP contribution in [0.25, 0.3) is 0 Å². The van der Waals surface area contributed by atoms with Gasteiger partial charge in [0.15, 0.2) is 0 Å². The first kappa shape index (κ1) is 6.81. The Bertz CT molecular complexity index is 115. The second kappa shape index (κ2) is 2.90. The molecule has 0 heterocycles. The van der Waals surface area contributed by atoms with Gasteiger partial charge in [0.2, 0.25) is 5.76 Å². The number of aliphatic hydroxyl groups is 1. The van der Waals surface area contributed by atoms with Crippen LogP contribution >= 0.6 is 0 Å². The summed E-state index contributed by atoms with van der Waals surface area (Å²) in [5, 5.41) is 16.0. The van der Waals surface area contributed by atoms with Crippen LogP contribution in [0.1, 0.15) is 0 Å². The predicted molar refractivity (Wildman–Crippen MR) is 25.4 cm³/mol. The van der Waals surface area contributed by atoms with Crippen molar-refractivity contribution in [3.8, 4) is 0 Å². The van der Waals surface area contributed by atoms with E-state index in [2.05, 4.69) is 4.74 Å². The number of carbonyl (C=O) groups is 1. The first-order valence-electron chi connectivity index (χ1n) is 1.84. The number of rotatable bonds is 2. The third-order valence-corrected chi connectivity index (χ3v) is 0.548. The number of hydrogen-bond donors (Lipinski definition) is 2. The number of ether oxygens (including phenoxy) is 1. The van der Waals surface area contributed by atoms with Crippen LogP contribution in [0.15, 0.2) is 12.0 Å². The molecule has 0 aromatic carbocycles. The minimum Gasteiger partial charge on any atom is -0.511 e. The van der Waals surface area contributed by atoms with Gasteiger partial charge < -0.3 is 14.9 Å². The molecule has 4 heteroatoms. The largest absolute Gasteiger partial charge is 0.511 e. The fourth-order valence-electron chi connectivity index (χ4n) is 0.195. The third kappa shape index (κ3) is 1.51. The molecule has 0 fully saturated rings. The molecule has 0 atom stereocenters. The summed E-state index contributed by atoms with van der Waals surface area (Å²) in [6.07, 6.45) is 0.391. The first-order valence-corrected chi connectivity index (χ1v) is 1.84. The smallest absolute Gasteiger partial charge is 0.374 e. The number of hydrogen-bond acceptors (Lipinski definition) is 3. The Morgan fingerprint density at radius 3 is 2.25 bits per heavy atom. The molecule has 2 N–H and O–H groups in total. The van der Waals surface area contributed by atoms with Crippen molar-refractivity contribution in [2.45, 2.75) is 0 Å². The van der Waals surface area contributed by atoms with Crippen molar-refractivity contribution >= 4 is 5.97 Å². The maximum atomic E-state index is 9.81. The van der Waals surface area contributed by atoms with Crippen molar-refractivity contribution in [3.63, 3.8) is 0 Å². The molecule has 0 bridgehead atoms. The normalized spacial score (nSPS) is 10.9. The first-order chi connectivity index (χ1) is 3.72. The zero-order valence-electron chi connectivity index (χ0n) is 4.29. The highest BCUT2D eigenvalue weighted by Crippen LogP contribution is 1.90. The summed E-state index contributed by atoms with van der Waals surface area (Å²) in [5.74, 6) is -1.75. The second-order valence-electron chi connectivity index (χ2n) is 1.00. The molecule has 4 nitrogen and oxygen atoms in total. The van der Waals surface area contributed by atoms with Crippen LogP contribution in [0, 0.1) is 0 Å². The molecule has 0 aliphatic carbocycles. The Hall–Kier alpha value is -1.19. The average Bonchev–Trinajstić information content (AvgIpc) is 1.69. The summed E-state index contributed by atoms with van der Waals surface area (Å²) in [7, 11) is 1.16. The molecule has 0 radical (unpaired) electrons. The topological polar surface area (TPSA) is 66.8 Å². The van der Waals surface area contributed by atoms with E-state index >= 15 is 0 Å². The molecular weight excluding hydrogens is 112 g/mol. The van der Waals surface area contributed by atoms with Gasteiger partial charge in [-0.3, -0.25) is 0 Å². The highest BCUT2D eigenvalue weighted by molar-refractivity contribution is 5.83. The molecule has 0 aromatic heterocycles. The minimum absolute atomic E-state index is 0.391. The lowest BCUT2D eigenvalue weighted by atomic mass is 10.6. The Kier molecular flexibility index (Phi) is 2.47. The molecule has 0 unspecified atom stereocenters. The molecule has 0 rings (SSSR count). The van der Waals surface area contributed by atoms with E-state index in [0.29, 0.717) is 6.26 Å². The van der Waals surface area contributed by atoms with E-state index in [1.807, 2.05) is 0 Å². The predicted octanol–water partition coefficient (Wildman–Crippen LogP) is 0.117. The third-order valence-electron chi connectivity index (χ3n) is 0.548. The molecule has 0 aromatic rings. The maximum Gasteiger partial charge on any atom is 0.374 e. The summed E-state index contributed by atoms with van der Waals surface area (Å²) >= 11 is 0. The molecule has 0 spiro atoms. The molecule has 0 saturated heterocycles. The van der Waals surface area contributed by atoms with Crippen LogP contribution in [-0.4, -0.2) is 23.3 Å². The van der Waals surface area contributed by atoms with Crippen LogP contribution in [-0.2, 0) is 9.53 Å². The van der Waals surface area contributed by atoms with Gasteiger partial charge in [0.25, 0.3) is 0 Å². The number of carboxylic acid groups (broad SMARTS) is 1. The molecule has 0 amide bonds. The van der Waals surface area contributed by atoms with Crippen molar-refractivity contribution in [2.24, 2.45) is 0 Å².